The summed E-state index contributed by atoms with van der Waals surface area (Å²) < 4.78 is 6.26. The first-order chi connectivity index (χ1) is 6.75. The van der Waals surface area contributed by atoms with Crippen LogP contribution < -0.4 is 5.32 Å². The molecule has 1 atom stereocenters. The van der Waals surface area contributed by atoms with Gasteiger partial charge in [0.25, 0.3) is 0 Å². The molecular formula is C11H14BrNO. The number of hydrogen-bond acceptors (Lipinski definition) is 2. The molecule has 0 amide bonds. The van der Waals surface area contributed by atoms with Crippen molar-refractivity contribution in [2.45, 2.75) is 19.0 Å². The van der Waals surface area contributed by atoms with Gasteiger partial charge in [0.15, 0.2) is 0 Å². The van der Waals surface area contributed by atoms with E-state index in [0.29, 0.717) is 12.1 Å². The highest BCUT2D eigenvalue weighted by atomic mass is 79.9. The topological polar surface area (TPSA) is 21.3 Å². The minimum absolute atomic E-state index is 0.390. The fourth-order valence-electron chi connectivity index (χ4n) is 1.56. The van der Waals surface area contributed by atoms with Crippen molar-refractivity contribution in [3.8, 4) is 0 Å². The Labute approximate surface area is 92.8 Å². The summed E-state index contributed by atoms with van der Waals surface area (Å²) >= 11 is 3.48. The molecule has 14 heavy (non-hydrogen) atoms. The Morgan fingerprint density at radius 3 is 2.86 bits per heavy atom. The summed E-state index contributed by atoms with van der Waals surface area (Å²) in [6.07, 6.45) is 0. The molecule has 1 aliphatic heterocycles. The minimum atomic E-state index is 0.390. The van der Waals surface area contributed by atoms with E-state index in [1.54, 1.807) is 0 Å². The lowest BCUT2D eigenvalue weighted by molar-refractivity contribution is -0.00925. The van der Waals surface area contributed by atoms with Gasteiger partial charge in [0, 0.05) is 10.5 Å². The molecule has 3 heteroatoms. The fourth-order valence-corrected chi connectivity index (χ4v) is 1.97. The number of benzene rings is 1. The zero-order valence-corrected chi connectivity index (χ0v) is 9.75. The lowest BCUT2D eigenvalue weighted by Crippen LogP contribution is -2.46. The molecule has 1 saturated heterocycles. The molecule has 0 aliphatic carbocycles. The zero-order valence-electron chi connectivity index (χ0n) is 8.16. The first kappa shape index (κ1) is 10.1. The first-order valence-electron chi connectivity index (χ1n) is 4.85. The lowest BCUT2D eigenvalue weighted by atomic mass is 10.1. The van der Waals surface area contributed by atoms with E-state index >= 15 is 0 Å². The molecule has 76 valence electrons. The molecule has 2 nitrogen and oxygen atoms in total. The summed E-state index contributed by atoms with van der Waals surface area (Å²) in [7, 11) is 0. The van der Waals surface area contributed by atoms with Gasteiger partial charge in [-0.3, -0.25) is 0 Å². The molecule has 0 radical (unpaired) electrons. The van der Waals surface area contributed by atoms with Crippen LogP contribution in [0.5, 0.6) is 0 Å². The Kier molecular flexibility index (Phi) is 3.21. The monoisotopic (exact) mass is 255 g/mol. The van der Waals surface area contributed by atoms with Gasteiger partial charge in [-0.15, -0.1) is 0 Å². The quantitative estimate of drug-likeness (QED) is 0.897. The summed E-state index contributed by atoms with van der Waals surface area (Å²) in [6, 6.07) is 9.32. The SMILES string of the molecule is C[C@H](NC1COC1)c1cccc(Br)c1. The highest BCUT2D eigenvalue weighted by Crippen LogP contribution is 2.19. The molecule has 1 fully saturated rings. The summed E-state index contributed by atoms with van der Waals surface area (Å²) in [5, 5.41) is 3.51. The highest BCUT2D eigenvalue weighted by Gasteiger charge is 2.20. The number of halogens is 1. The van der Waals surface area contributed by atoms with Gasteiger partial charge in [-0.25, -0.2) is 0 Å². The number of hydrogen-bond donors (Lipinski definition) is 1. The van der Waals surface area contributed by atoms with Crippen molar-refractivity contribution in [3.63, 3.8) is 0 Å². The largest absolute Gasteiger partial charge is 0.378 e. The molecule has 1 aromatic carbocycles. The van der Waals surface area contributed by atoms with Crippen LogP contribution >= 0.6 is 15.9 Å². The van der Waals surface area contributed by atoms with Gasteiger partial charge in [-0.05, 0) is 24.6 Å². The highest BCUT2D eigenvalue weighted by molar-refractivity contribution is 9.10. The van der Waals surface area contributed by atoms with Crippen LogP contribution in [0.3, 0.4) is 0 Å². The van der Waals surface area contributed by atoms with Crippen molar-refractivity contribution >= 4 is 15.9 Å². The van der Waals surface area contributed by atoms with Crippen LogP contribution in [0.2, 0.25) is 0 Å². The molecule has 2 rings (SSSR count). The van der Waals surface area contributed by atoms with Crippen LogP contribution in [-0.2, 0) is 4.74 Å². The second kappa shape index (κ2) is 4.43. The van der Waals surface area contributed by atoms with Crippen LogP contribution in [-0.4, -0.2) is 19.3 Å². The van der Waals surface area contributed by atoms with E-state index in [0.717, 1.165) is 17.7 Å². The third kappa shape index (κ3) is 2.35. The maximum Gasteiger partial charge on any atom is 0.0643 e. The molecule has 0 aromatic heterocycles. The van der Waals surface area contributed by atoms with E-state index in [2.05, 4.69) is 46.4 Å². The molecule has 0 saturated carbocycles. The van der Waals surface area contributed by atoms with E-state index in [-0.39, 0.29) is 0 Å². The molecule has 1 N–H and O–H groups in total. The van der Waals surface area contributed by atoms with E-state index in [1.165, 1.54) is 5.56 Å². The average Bonchev–Trinajstić information content (AvgIpc) is 2.11. The van der Waals surface area contributed by atoms with Crippen molar-refractivity contribution in [1.82, 2.24) is 5.32 Å². The molecule has 1 aliphatic rings. The second-order valence-electron chi connectivity index (χ2n) is 3.68. The third-order valence-electron chi connectivity index (χ3n) is 2.47. The van der Waals surface area contributed by atoms with Crippen molar-refractivity contribution < 1.29 is 4.74 Å². The minimum Gasteiger partial charge on any atom is -0.378 e. The van der Waals surface area contributed by atoms with Crippen molar-refractivity contribution in [1.29, 1.82) is 0 Å². The van der Waals surface area contributed by atoms with E-state index in [1.807, 2.05) is 6.07 Å². The Bertz CT molecular complexity index is 312. The van der Waals surface area contributed by atoms with Gasteiger partial charge in [0.05, 0.1) is 19.3 Å². The zero-order chi connectivity index (χ0) is 9.97. The van der Waals surface area contributed by atoms with Crippen molar-refractivity contribution in [2.75, 3.05) is 13.2 Å². The standard InChI is InChI=1S/C11H14BrNO/c1-8(13-11-6-14-7-11)9-3-2-4-10(12)5-9/h2-5,8,11,13H,6-7H2,1H3/t8-/m0/s1. The number of rotatable bonds is 3. The summed E-state index contributed by atoms with van der Waals surface area (Å²) in [6.45, 7) is 3.87. The van der Waals surface area contributed by atoms with Gasteiger partial charge >= 0.3 is 0 Å². The molecule has 0 spiro atoms. The van der Waals surface area contributed by atoms with E-state index in [9.17, 15) is 0 Å². The number of nitrogens with one attached hydrogen (secondary N) is 1. The van der Waals surface area contributed by atoms with Crippen molar-refractivity contribution in [3.05, 3.63) is 34.3 Å². The Balaban J connectivity index is 1.98. The Morgan fingerprint density at radius 2 is 2.29 bits per heavy atom. The Hall–Kier alpha value is -0.380. The maximum absolute atomic E-state index is 5.12. The summed E-state index contributed by atoms with van der Waals surface area (Å²) in [5.41, 5.74) is 1.31. The van der Waals surface area contributed by atoms with Gasteiger partial charge < -0.3 is 10.1 Å². The summed E-state index contributed by atoms with van der Waals surface area (Å²) in [4.78, 5) is 0. The average molecular weight is 256 g/mol. The van der Waals surface area contributed by atoms with Crippen LogP contribution in [0, 0.1) is 0 Å². The predicted molar refractivity (Wildman–Crippen MR) is 60.3 cm³/mol. The van der Waals surface area contributed by atoms with Crippen LogP contribution in [0.1, 0.15) is 18.5 Å². The predicted octanol–water partition coefficient (Wildman–Crippen LogP) is 2.50. The van der Waals surface area contributed by atoms with Gasteiger partial charge in [-0.2, -0.15) is 0 Å². The molecule has 1 aromatic rings. The lowest BCUT2D eigenvalue weighted by Gasteiger charge is -2.30. The van der Waals surface area contributed by atoms with Crippen molar-refractivity contribution in [2.24, 2.45) is 0 Å². The molecule has 1 heterocycles. The van der Waals surface area contributed by atoms with Crippen LogP contribution in [0.25, 0.3) is 0 Å². The maximum atomic E-state index is 5.12. The van der Waals surface area contributed by atoms with Gasteiger partial charge in [0.1, 0.15) is 0 Å². The third-order valence-corrected chi connectivity index (χ3v) is 2.97. The van der Waals surface area contributed by atoms with E-state index < -0.39 is 0 Å². The second-order valence-corrected chi connectivity index (χ2v) is 4.59. The molecular weight excluding hydrogens is 242 g/mol. The van der Waals surface area contributed by atoms with Gasteiger partial charge in [0.2, 0.25) is 0 Å². The fraction of sp³-hybridized carbons (Fsp3) is 0.455. The smallest absolute Gasteiger partial charge is 0.0643 e. The first-order valence-corrected chi connectivity index (χ1v) is 5.64. The Morgan fingerprint density at radius 1 is 1.50 bits per heavy atom. The normalized spacial score (nSPS) is 19.0. The van der Waals surface area contributed by atoms with Crippen LogP contribution in [0.15, 0.2) is 28.7 Å². The van der Waals surface area contributed by atoms with Gasteiger partial charge in [-0.1, -0.05) is 28.1 Å². The van der Waals surface area contributed by atoms with E-state index in [4.69, 9.17) is 4.74 Å². The molecule has 0 bridgehead atoms. The number of ether oxygens (including phenoxy) is 1. The van der Waals surface area contributed by atoms with Crippen LogP contribution in [0.4, 0.5) is 0 Å². The summed E-state index contributed by atoms with van der Waals surface area (Å²) in [5.74, 6) is 0. The molecule has 0 unspecified atom stereocenters.